The Kier molecular flexibility index (Phi) is 3.66. The lowest BCUT2D eigenvalue weighted by atomic mass is 10.1. The molecule has 2 rings (SSSR count). The third kappa shape index (κ3) is 2.99. The van der Waals surface area contributed by atoms with Crippen molar-refractivity contribution >= 4 is 11.6 Å². The first-order valence-electron chi connectivity index (χ1n) is 5.05. The predicted octanol–water partition coefficient (Wildman–Crippen LogP) is 2.55. The van der Waals surface area contributed by atoms with Gasteiger partial charge in [-0.3, -0.25) is 0 Å². The second-order valence-corrected chi connectivity index (χ2v) is 4.00. The molecule has 0 aliphatic carbocycles. The summed E-state index contributed by atoms with van der Waals surface area (Å²) in [7, 11) is 0. The van der Waals surface area contributed by atoms with E-state index >= 15 is 0 Å². The smallest absolute Gasteiger partial charge is 0.157 e. The summed E-state index contributed by atoms with van der Waals surface area (Å²) >= 11 is 5.64. The molecule has 0 saturated carbocycles. The number of nitrogens with zero attached hydrogens (tertiary/aromatic N) is 2. The van der Waals surface area contributed by atoms with Gasteiger partial charge in [-0.1, -0.05) is 17.7 Å². The Morgan fingerprint density at radius 2 is 2.00 bits per heavy atom. The summed E-state index contributed by atoms with van der Waals surface area (Å²) in [6.07, 6.45) is 2.26. The predicted molar refractivity (Wildman–Crippen MR) is 62.1 cm³/mol. The number of hydrogen-bond acceptors (Lipinski definition) is 3. The second-order valence-electron chi connectivity index (χ2n) is 3.56. The van der Waals surface area contributed by atoms with Gasteiger partial charge in [0.2, 0.25) is 0 Å². The molecule has 0 amide bonds. The highest BCUT2D eigenvalue weighted by molar-refractivity contribution is 6.30. The normalized spacial score (nSPS) is 12.4. The second kappa shape index (κ2) is 5.21. The summed E-state index contributed by atoms with van der Waals surface area (Å²) in [5.41, 5.74) is 0.384. The van der Waals surface area contributed by atoms with E-state index in [4.69, 9.17) is 11.6 Å². The SMILES string of the molecule is OC(Cc1ccc(Cl)cc1F)c1ncccn1. The van der Waals surface area contributed by atoms with Crippen LogP contribution in [0.3, 0.4) is 0 Å². The molecule has 17 heavy (non-hydrogen) atoms. The number of hydrogen-bond donors (Lipinski definition) is 1. The van der Waals surface area contributed by atoms with Gasteiger partial charge in [-0.05, 0) is 23.8 Å². The van der Waals surface area contributed by atoms with Gasteiger partial charge in [0.05, 0.1) is 0 Å². The van der Waals surface area contributed by atoms with Crippen LogP contribution in [0.2, 0.25) is 5.02 Å². The first-order valence-corrected chi connectivity index (χ1v) is 5.43. The minimum absolute atomic E-state index is 0.118. The molecule has 1 atom stereocenters. The van der Waals surface area contributed by atoms with Crippen molar-refractivity contribution in [3.05, 3.63) is 58.9 Å². The van der Waals surface area contributed by atoms with Crippen LogP contribution >= 0.6 is 11.6 Å². The van der Waals surface area contributed by atoms with Crippen LogP contribution in [0.5, 0.6) is 0 Å². The van der Waals surface area contributed by atoms with Gasteiger partial charge in [0.25, 0.3) is 0 Å². The largest absolute Gasteiger partial charge is 0.385 e. The molecule has 5 heteroatoms. The minimum Gasteiger partial charge on any atom is -0.385 e. The number of aromatic nitrogens is 2. The van der Waals surface area contributed by atoms with E-state index in [0.29, 0.717) is 10.6 Å². The third-order valence-electron chi connectivity index (χ3n) is 2.31. The molecule has 1 aromatic heterocycles. The van der Waals surface area contributed by atoms with Gasteiger partial charge in [0.15, 0.2) is 5.82 Å². The topological polar surface area (TPSA) is 46.0 Å². The lowest BCUT2D eigenvalue weighted by Gasteiger charge is -2.09. The molecule has 2 aromatic rings. The molecule has 0 spiro atoms. The van der Waals surface area contributed by atoms with Gasteiger partial charge in [-0.25, -0.2) is 14.4 Å². The van der Waals surface area contributed by atoms with Crippen LogP contribution in [0.25, 0.3) is 0 Å². The summed E-state index contributed by atoms with van der Waals surface area (Å²) < 4.78 is 13.5. The van der Waals surface area contributed by atoms with E-state index in [1.807, 2.05) is 0 Å². The van der Waals surface area contributed by atoms with Crippen molar-refractivity contribution in [2.24, 2.45) is 0 Å². The van der Waals surface area contributed by atoms with Crippen molar-refractivity contribution in [1.82, 2.24) is 9.97 Å². The Hall–Kier alpha value is -1.52. The lowest BCUT2D eigenvalue weighted by Crippen LogP contribution is -2.07. The number of rotatable bonds is 3. The average Bonchev–Trinajstić information content (AvgIpc) is 2.34. The quantitative estimate of drug-likeness (QED) is 0.913. The average molecular weight is 253 g/mol. The van der Waals surface area contributed by atoms with E-state index in [9.17, 15) is 9.50 Å². The highest BCUT2D eigenvalue weighted by Crippen LogP contribution is 2.20. The number of benzene rings is 1. The van der Waals surface area contributed by atoms with Gasteiger partial charge in [0, 0.05) is 23.8 Å². The molecule has 1 unspecified atom stereocenters. The van der Waals surface area contributed by atoms with E-state index in [-0.39, 0.29) is 12.2 Å². The van der Waals surface area contributed by atoms with Crippen LogP contribution in [0, 0.1) is 5.82 Å². The monoisotopic (exact) mass is 252 g/mol. The molecule has 0 aliphatic heterocycles. The molecule has 1 heterocycles. The molecule has 0 radical (unpaired) electrons. The Balaban J connectivity index is 2.16. The molecule has 88 valence electrons. The van der Waals surface area contributed by atoms with E-state index < -0.39 is 11.9 Å². The zero-order valence-corrected chi connectivity index (χ0v) is 9.60. The number of aliphatic hydroxyl groups excluding tert-OH is 1. The molecule has 0 bridgehead atoms. The van der Waals surface area contributed by atoms with Gasteiger partial charge >= 0.3 is 0 Å². The van der Waals surface area contributed by atoms with Crippen molar-refractivity contribution < 1.29 is 9.50 Å². The van der Waals surface area contributed by atoms with Crippen LogP contribution in [0.4, 0.5) is 4.39 Å². The molecule has 0 saturated heterocycles. The van der Waals surface area contributed by atoms with Gasteiger partial charge in [0.1, 0.15) is 11.9 Å². The fourth-order valence-corrected chi connectivity index (χ4v) is 1.63. The van der Waals surface area contributed by atoms with Crippen LogP contribution < -0.4 is 0 Å². The maximum atomic E-state index is 13.5. The molecule has 1 aromatic carbocycles. The van der Waals surface area contributed by atoms with Crippen molar-refractivity contribution in [2.75, 3.05) is 0 Å². The Morgan fingerprint density at radius 3 is 2.65 bits per heavy atom. The molecule has 3 nitrogen and oxygen atoms in total. The van der Waals surface area contributed by atoms with Crippen LogP contribution in [-0.4, -0.2) is 15.1 Å². The minimum atomic E-state index is -0.924. The Labute approximate surface area is 103 Å². The fraction of sp³-hybridized carbons (Fsp3) is 0.167. The van der Waals surface area contributed by atoms with Gasteiger partial charge < -0.3 is 5.11 Å². The third-order valence-corrected chi connectivity index (χ3v) is 2.55. The van der Waals surface area contributed by atoms with Gasteiger partial charge in [-0.2, -0.15) is 0 Å². The molecular formula is C12H10ClFN2O. The molecule has 1 N–H and O–H groups in total. The molecule has 0 fully saturated rings. The Morgan fingerprint density at radius 1 is 1.29 bits per heavy atom. The van der Waals surface area contributed by atoms with Crippen molar-refractivity contribution in [3.63, 3.8) is 0 Å². The highest BCUT2D eigenvalue weighted by Gasteiger charge is 2.13. The first-order chi connectivity index (χ1) is 8.16. The summed E-state index contributed by atoms with van der Waals surface area (Å²) in [6.45, 7) is 0. The summed E-state index contributed by atoms with van der Waals surface area (Å²) in [6, 6.07) is 6.00. The van der Waals surface area contributed by atoms with Gasteiger partial charge in [-0.15, -0.1) is 0 Å². The van der Waals surface area contributed by atoms with E-state index in [1.165, 1.54) is 18.5 Å². The lowest BCUT2D eigenvalue weighted by molar-refractivity contribution is 0.167. The standard InChI is InChI=1S/C12H10ClFN2O/c13-9-3-2-8(10(14)7-9)6-11(17)12-15-4-1-5-16-12/h1-5,7,11,17H,6H2. The first kappa shape index (κ1) is 12.0. The van der Waals surface area contributed by atoms with Crippen LogP contribution in [0.1, 0.15) is 17.5 Å². The van der Waals surface area contributed by atoms with Crippen molar-refractivity contribution in [2.45, 2.75) is 12.5 Å². The zero-order chi connectivity index (χ0) is 12.3. The van der Waals surface area contributed by atoms with E-state index in [0.717, 1.165) is 0 Å². The molecule has 0 aliphatic rings. The van der Waals surface area contributed by atoms with Crippen LogP contribution in [-0.2, 0) is 6.42 Å². The summed E-state index contributed by atoms with van der Waals surface area (Å²) in [4.78, 5) is 7.82. The van der Waals surface area contributed by atoms with E-state index in [2.05, 4.69) is 9.97 Å². The highest BCUT2D eigenvalue weighted by atomic mass is 35.5. The number of halogens is 2. The van der Waals surface area contributed by atoms with Crippen LogP contribution in [0.15, 0.2) is 36.7 Å². The Bertz CT molecular complexity index is 507. The number of aliphatic hydroxyl groups is 1. The maximum absolute atomic E-state index is 13.5. The summed E-state index contributed by atoms with van der Waals surface area (Å²) in [5.74, 6) is -0.158. The molecular weight excluding hydrogens is 243 g/mol. The fourth-order valence-electron chi connectivity index (χ4n) is 1.47. The zero-order valence-electron chi connectivity index (χ0n) is 8.85. The van der Waals surface area contributed by atoms with Crippen molar-refractivity contribution in [1.29, 1.82) is 0 Å². The maximum Gasteiger partial charge on any atom is 0.157 e. The summed E-state index contributed by atoms with van der Waals surface area (Å²) in [5, 5.41) is 10.2. The van der Waals surface area contributed by atoms with E-state index in [1.54, 1.807) is 18.2 Å². The van der Waals surface area contributed by atoms with Crippen molar-refractivity contribution in [3.8, 4) is 0 Å².